The molecular formula is C20H16F2N2O4. The second kappa shape index (κ2) is 9.83. The molecule has 28 heavy (non-hydrogen) atoms. The van der Waals surface area contributed by atoms with Crippen molar-refractivity contribution >= 4 is 23.6 Å². The maximum absolute atomic E-state index is 12.5. The molecule has 0 spiro atoms. The Labute approximate surface area is 160 Å². The van der Waals surface area contributed by atoms with Crippen LogP contribution in [0.1, 0.15) is 22.8 Å². The summed E-state index contributed by atoms with van der Waals surface area (Å²) in [6, 6.07) is 13.4. The molecule has 0 saturated heterocycles. The van der Waals surface area contributed by atoms with Crippen LogP contribution in [0.4, 0.5) is 14.5 Å². The number of carbonyl (C=O) groups excluding carboxylic acids is 2. The van der Waals surface area contributed by atoms with Crippen molar-refractivity contribution in [3.05, 3.63) is 65.2 Å². The number of para-hydroxylation sites is 1. The van der Waals surface area contributed by atoms with Crippen LogP contribution in [0, 0.1) is 11.3 Å². The highest BCUT2D eigenvalue weighted by atomic mass is 19.3. The number of hydrogen-bond donors (Lipinski definition) is 1. The van der Waals surface area contributed by atoms with Gasteiger partial charge in [0, 0.05) is 11.3 Å². The fraction of sp³-hybridized carbons (Fsp3) is 0.150. The molecule has 0 aromatic heterocycles. The van der Waals surface area contributed by atoms with Crippen LogP contribution in [-0.2, 0) is 9.53 Å². The number of alkyl halides is 2. The fourth-order valence-corrected chi connectivity index (χ4v) is 2.21. The topological polar surface area (TPSA) is 88.4 Å². The van der Waals surface area contributed by atoms with Crippen LogP contribution >= 0.6 is 0 Å². The molecular weight excluding hydrogens is 370 g/mol. The molecule has 0 aliphatic heterocycles. The molecule has 0 bridgehead atoms. The van der Waals surface area contributed by atoms with Crippen molar-refractivity contribution in [1.29, 1.82) is 5.26 Å². The number of rotatable bonds is 7. The Morgan fingerprint density at radius 3 is 2.46 bits per heavy atom. The lowest BCUT2D eigenvalue weighted by atomic mass is 10.1. The summed E-state index contributed by atoms with van der Waals surface area (Å²) in [5.74, 6) is -1.39. The van der Waals surface area contributed by atoms with Crippen molar-refractivity contribution in [2.45, 2.75) is 13.5 Å². The van der Waals surface area contributed by atoms with Gasteiger partial charge in [-0.15, -0.1) is 0 Å². The molecule has 144 valence electrons. The number of amides is 1. The minimum atomic E-state index is -3.04. The van der Waals surface area contributed by atoms with E-state index in [4.69, 9.17) is 4.74 Å². The largest absolute Gasteiger partial charge is 0.462 e. The molecule has 1 N–H and O–H groups in total. The lowest BCUT2D eigenvalue weighted by Gasteiger charge is -2.09. The van der Waals surface area contributed by atoms with E-state index in [-0.39, 0.29) is 23.5 Å². The van der Waals surface area contributed by atoms with E-state index < -0.39 is 18.5 Å². The van der Waals surface area contributed by atoms with E-state index in [2.05, 4.69) is 10.1 Å². The molecule has 2 aromatic rings. The summed E-state index contributed by atoms with van der Waals surface area (Å²) in [6.45, 7) is -1.11. The van der Waals surface area contributed by atoms with Crippen molar-refractivity contribution < 1.29 is 27.8 Å². The van der Waals surface area contributed by atoms with Gasteiger partial charge in [-0.05, 0) is 43.3 Å². The Morgan fingerprint density at radius 1 is 1.18 bits per heavy atom. The molecule has 6 nitrogen and oxygen atoms in total. The van der Waals surface area contributed by atoms with Crippen LogP contribution in [0.2, 0.25) is 0 Å². The molecule has 0 aliphatic carbocycles. The number of halogens is 2. The number of esters is 1. The SMILES string of the molecule is CCOC(=O)c1ccc(NC(=O)/C(C#N)=C/c2ccccc2OC(F)F)cc1. The molecule has 0 radical (unpaired) electrons. The highest BCUT2D eigenvalue weighted by Crippen LogP contribution is 2.23. The van der Waals surface area contributed by atoms with E-state index in [9.17, 15) is 23.6 Å². The third-order valence-corrected chi connectivity index (χ3v) is 3.45. The highest BCUT2D eigenvalue weighted by molar-refractivity contribution is 6.10. The molecule has 0 saturated carbocycles. The number of nitrogens with one attached hydrogen (secondary N) is 1. The summed E-state index contributed by atoms with van der Waals surface area (Å²) in [5.41, 5.74) is 0.511. The lowest BCUT2D eigenvalue weighted by Crippen LogP contribution is -2.14. The van der Waals surface area contributed by atoms with Crippen molar-refractivity contribution in [3.63, 3.8) is 0 Å². The predicted molar refractivity (Wildman–Crippen MR) is 97.7 cm³/mol. The van der Waals surface area contributed by atoms with Crippen LogP contribution < -0.4 is 10.1 Å². The molecule has 0 unspecified atom stereocenters. The van der Waals surface area contributed by atoms with E-state index >= 15 is 0 Å². The fourth-order valence-electron chi connectivity index (χ4n) is 2.21. The molecule has 0 fully saturated rings. The standard InChI is InChI=1S/C20H16F2N2O4/c1-2-27-19(26)13-7-9-16(10-8-13)24-18(25)15(12-23)11-14-5-3-4-6-17(14)28-20(21)22/h3-11,20H,2H2,1H3,(H,24,25)/b15-11+. The molecule has 0 heterocycles. The van der Waals surface area contributed by atoms with Crippen molar-refractivity contribution in [3.8, 4) is 11.8 Å². The predicted octanol–water partition coefficient (Wildman–Crippen LogP) is 4.01. The Balaban J connectivity index is 2.17. The van der Waals surface area contributed by atoms with Gasteiger partial charge in [-0.2, -0.15) is 14.0 Å². The van der Waals surface area contributed by atoms with E-state index in [0.29, 0.717) is 11.3 Å². The second-order valence-corrected chi connectivity index (χ2v) is 5.34. The van der Waals surface area contributed by atoms with Gasteiger partial charge in [0.25, 0.3) is 5.91 Å². The first kappa shape index (κ1) is 20.6. The Morgan fingerprint density at radius 2 is 1.86 bits per heavy atom. The number of hydrogen-bond acceptors (Lipinski definition) is 5. The number of ether oxygens (including phenoxy) is 2. The first-order valence-electron chi connectivity index (χ1n) is 8.18. The third kappa shape index (κ3) is 5.64. The molecule has 0 atom stereocenters. The maximum atomic E-state index is 12.5. The second-order valence-electron chi connectivity index (χ2n) is 5.34. The molecule has 8 heteroatoms. The molecule has 2 rings (SSSR count). The average molecular weight is 386 g/mol. The van der Waals surface area contributed by atoms with E-state index in [1.165, 1.54) is 42.5 Å². The smallest absolute Gasteiger partial charge is 0.387 e. The summed E-state index contributed by atoms with van der Waals surface area (Å²) < 4.78 is 34.2. The average Bonchev–Trinajstić information content (AvgIpc) is 2.67. The van der Waals surface area contributed by atoms with Gasteiger partial charge in [0.05, 0.1) is 12.2 Å². The summed E-state index contributed by atoms with van der Waals surface area (Å²) in [7, 11) is 0. The van der Waals surface area contributed by atoms with Gasteiger partial charge in [0.2, 0.25) is 0 Å². The molecule has 0 aliphatic rings. The van der Waals surface area contributed by atoms with E-state index in [1.807, 2.05) is 0 Å². The van der Waals surface area contributed by atoms with Crippen LogP contribution in [0.15, 0.2) is 54.1 Å². The van der Waals surface area contributed by atoms with Gasteiger partial charge in [-0.3, -0.25) is 4.79 Å². The van der Waals surface area contributed by atoms with Crippen LogP contribution in [0.5, 0.6) is 5.75 Å². The number of nitriles is 1. The summed E-state index contributed by atoms with van der Waals surface area (Å²) in [5, 5.41) is 11.8. The van der Waals surface area contributed by atoms with Crippen LogP contribution in [0.25, 0.3) is 6.08 Å². The highest BCUT2D eigenvalue weighted by Gasteiger charge is 2.13. The zero-order valence-electron chi connectivity index (χ0n) is 14.8. The van der Waals surface area contributed by atoms with Gasteiger partial charge < -0.3 is 14.8 Å². The van der Waals surface area contributed by atoms with Crippen molar-refractivity contribution in [1.82, 2.24) is 0 Å². The summed E-state index contributed by atoms with van der Waals surface area (Å²) >= 11 is 0. The first-order valence-corrected chi connectivity index (χ1v) is 8.18. The Bertz CT molecular complexity index is 919. The zero-order valence-corrected chi connectivity index (χ0v) is 14.8. The van der Waals surface area contributed by atoms with Gasteiger partial charge in [0.1, 0.15) is 17.4 Å². The zero-order chi connectivity index (χ0) is 20.5. The minimum Gasteiger partial charge on any atom is -0.462 e. The maximum Gasteiger partial charge on any atom is 0.387 e. The number of anilines is 1. The molecule has 1 amide bonds. The first-order chi connectivity index (χ1) is 13.4. The minimum absolute atomic E-state index is 0.156. The van der Waals surface area contributed by atoms with Crippen LogP contribution in [0.3, 0.4) is 0 Å². The summed E-state index contributed by atoms with van der Waals surface area (Å²) in [6.07, 6.45) is 1.15. The number of benzene rings is 2. The number of carbonyl (C=O) groups is 2. The van der Waals surface area contributed by atoms with Gasteiger partial charge in [-0.25, -0.2) is 4.79 Å². The van der Waals surface area contributed by atoms with Crippen molar-refractivity contribution in [2.24, 2.45) is 0 Å². The van der Waals surface area contributed by atoms with E-state index in [0.717, 1.165) is 6.08 Å². The van der Waals surface area contributed by atoms with E-state index in [1.54, 1.807) is 19.1 Å². The van der Waals surface area contributed by atoms with Gasteiger partial charge >= 0.3 is 12.6 Å². The number of nitrogens with zero attached hydrogens (tertiary/aromatic N) is 1. The van der Waals surface area contributed by atoms with Crippen molar-refractivity contribution in [2.75, 3.05) is 11.9 Å². The quantitative estimate of drug-likeness (QED) is 0.441. The van der Waals surface area contributed by atoms with Crippen LogP contribution in [-0.4, -0.2) is 25.1 Å². The Hall–Kier alpha value is -3.73. The van der Waals surface area contributed by atoms with Gasteiger partial charge in [-0.1, -0.05) is 18.2 Å². The monoisotopic (exact) mass is 386 g/mol. The molecule has 2 aromatic carbocycles. The normalized spacial score (nSPS) is 10.9. The summed E-state index contributed by atoms with van der Waals surface area (Å²) in [4.78, 5) is 23.9. The third-order valence-electron chi connectivity index (χ3n) is 3.45. The lowest BCUT2D eigenvalue weighted by molar-refractivity contribution is -0.112. The van der Waals surface area contributed by atoms with Gasteiger partial charge in [0.15, 0.2) is 0 Å². The Kier molecular flexibility index (Phi) is 7.22.